The van der Waals surface area contributed by atoms with E-state index < -0.39 is 0 Å². The van der Waals surface area contributed by atoms with Gasteiger partial charge in [-0.05, 0) is 6.42 Å². The van der Waals surface area contributed by atoms with Crippen LogP contribution in [0.4, 0.5) is 0 Å². The number of aromatic nitrogens is 2. The maximum absolute atomic E-state index is 11.2. The third-order valence-corrected chi connectivity index (χ3v) is 2.12. The standard InChI is InChI=1S/C10H14N2O3/c1-2-8(13)4-3-7-12-10(15)6-5-9(14)11-12/h5-6H,2-4,7H2,1H3,(H,11,14). The lowest BCUT2D eigenvalue weighted by atomic mass is 10.2. The van der Waals surface area contributed by atoms with Crippen LogP contribution < -0.4 is 11.1 Å². The van der Waals surface area contributed by atoms with Gasteiger partial charge in [0.2, 0.25) is 0 Å². The second kappa shape index (κ2) is 5.29. The van der Waals surface area contributed by atoms with Crippen molar-refractivity contribution in [3.63, 3.8) is 0 Å². The minimum atomic E-state index is -0.309. The Hall–Kier alpha value is -1.65. The molecule has 0 aliphatic heterocycles. The van der Waals surface area contributed by atoms with E-state index in [2.05, 4.69) is 5.10 Å². The van der Waals surface area contributed by atoms with Gasteiger partial charge in [0.05, 0.1) is 0 Å². The van der Waals surface area contributed by atoms with E-state index in [0.29, 0.717) is 25.8 Å². The smallest absolute Gasteiger partial charge is 0.265 e. The highest BCUT2D eigenvalue weighted by Gasteiger charge is 2.00. The summed E-state index contributed by atoms with van der Waals surface area (Å²) in [5, 5.41) is 2.40. The molecule has 1 rings (SSSR count). The van der Waals surface area contributed by atoms with E-state index in [1.807, 2.05) is 0 Å². The third-order valence-electron chi connectivity index (χ3n) is 2.12. The number of aromatic amines is 1. The lowest BCUT2D eigenvalue weighted by molar-refractivity contribution is -0.118. The van der Waals surface area contributed by atoms with Gasteiger partial charge in [0, 0.05) is 31.5 Å². The molecule has 0 saturated carbocycles. The molecule has 15 heavy (non-hydrogen) atoms. The van der Waals surface area contributed by atoms with Gasteiger partial charge in [0.25, 0.3) is 11.1 Å². The Morgan fingerprint density at radius 3 is 2.80 bits per heavy atom. The fourth-order valence-corrected chi connectivity index (χ4v) is 1.24. The summed E-state index contributed by atoms with van der Waals surface area (Å²) < 4.78 is 1.23. The number of rotatable bonds is 5. The highest BCUT2D eigenvalue weighted by atomic mass is 16.2. The van der Waals surface area contributed by atoms with Crippen LogP contribution >= 0.6 is 0 Å². The molecule has 5 nitrogen and oxygen atoms in total. The molecule has 1 N–H and O–H groups in total. The maximum atomic E-state index is 11.2. The van der Waals surface area contributed by atoms with Crippen molar-refractivity contribution in [2.75, 3.05) is 0 Å². The predicted molar refractivity (Wildman–Crippen MR) is 55.9 cm³/mol. The molecular formula is C10H14N2O3. The van der Waals surface area contributed by atoms with E-state index in [9.17, 15) is 14.4 Å². The van der Waals surface area contributed by atoms with Crippen LogP contribution in [0.25, 0.3) is 0 Å². The monoisotopic (exact) mass is 210 g/mol. The number of carbonyl (C=O) groups excluding carboxylic acids is 1. The number of carbonyl (C=O) groups is 1. The van der Waals surface area contributed by atoms with Gasteiger partial charge in [-0.25, -0.2) is 0 Å². The Morgan fingerprint density at radius 2 is 2.13 bits per heavy atom. The summed E-state index contributed by atoms with van der Waals surface area (Å²) in [6.07, 6.45) is 1.53. The number of hydrogen-bond donors (Lipinski definition) is 1. The highest BCUT2D eigenvalue weighted by Crippen LogP contribution is 1.95. The first kappa shape index (κ1) is 11.4. The van der Waals surface area contributed by atoms with Gasteiger partial charge in [0.1, 0.15) is 5.78 Å². The lowest BCUT2D eigenvalue weighted by Crippen LogP contribution is -2.28. The number of hydrogen-bond acceptors (Lipinski definition) is 3. The van der Waals surface area contributed by atoms with Crippen LogP contribution in [-0.2, 0) is 11.3 Å². The van der Waals surface area contributed by atoms with Crippen molar-refractivity contribution in [2.24, 2.45) is 0 Å². The first-order valence-electron chi connectivity index (χ1n) is 4.95. The zero-order valence-electron chi connectivity index (χ0n) is 8.66. The Morgan fingerprint density at radius 1 is 1.40 bits per heavy atom. The molecular weight excluding hydrogens is 196 g/mol. The number of Topliss-reactive ketones (excluding diaryl/α,β-unsaturated/α-hetero) is 1. The van der Waals surface area contributed by atoms with Crippen LogP contribution in [0.2, 0.25) is 0 Å². The number of nitrogens with one attached hydrogen (secondary N) is 1. The molecule has 1 heterocycles. The predicted octanol–water partition coefficient (Wildman–Crippen LogP) is 0.296. The van der Waals surface area contributed by atoms with Crippen LogP contribution in [-0.4, -0.2) is 15.6 Å². The normalized spacial score (nSPS) is 10.2. The second-order valence-electron chi connectivity index (χ2n) is 3.30. The average molecular weight is 210 g/mol. The van der Waals surface area contributed by atoms with Crippen molar-refractivity contribution in [1.82, 2.24) is 9.78 Å². The van der Waals surface area contributed by atoms with Gasteiger partial charge in [0.15, 0.2) is 0 Å². The number of H-pyrrole nitrogens is 1. The van der Waals surface area contributed by atoms with Crippen molar-refractivity contribution in [3.8, 4) is 0 Å². The van der Waals surface area contributed by atoms with Crippen LogP contribution in [0.15, 0.2) is 21.7 Å². The van der Waals surface area contributed by atoms with Crippen molar-refractivity contribution in [3.05, 3.63) is 32.8 Å². The summed E-state index contributed by atoms with van der Waals surface area (Å²) >= 11 is 0. The Bertz CT molecular complexity index is 444. The maximum Gasteiger partial charge on any atom is 0.265 e. The molecule has 0 aromatic carbocycles. The van der Waals surface area contributed by atoms with E-state index in [1.54, 1.807) is 6.92 Å². The van der Waals surface area contributed by atoms with Gasteiger partial charge < -0.3 is 0 Å². The van der Waals surface area contributed by atoms with Crippen LogP contribution in [0.5, 0.6) is 0 Å². The fourth-order valence-electron chi connectivity index (χ4n) is 1.24. The summed E-state index contributed by atoms with van der Waals surface area (Å²) in [5.41, 5.74) is -0.560. The summed E-state index contributed by atoms with van der Waals surface area (Å²) in [7, 11) is 0. The molecule has 1 aromatic rings. The molecule has 0 saturated heterocycles. The minimum Gasteiger partial charge on any atom is -0.300 e. The van der Waals surface area contributed by atoms with Crippen molar-refractivity contribution >= 4 is 5.78 Å². The molecule has 0 bridgehead atoms. The zero-order chi connectivity index (χ0) is 11.3. The molecule has 1 aromatic heterocycles. The number of ketones is 1. The highest BCUT2D eigenvalue weighted by molar-refractivity contribution is 5.77. The van der Waals surface area contributed by atoms with Gasteiger partial charge in [-0.2, -0.15) is 0 Å². The molecule has 5 heteroatoms. The first-order chi connectivity index (χ1) is 7.13. The van der Waals surface area contributed by atoms with Crippen molar-refractivity contribution in [1.29, 1.82) is 0 Å². The van der Waals surface area contributed by atoms with E-state index in [1.165, 1.54) is 16.8 Å². The van der Waals surface area contributed by atoms with Crippen molar-refractivity contribution < 1.29 is 4.79 Å². The topological polar surface area (TPSA) is 71.9 Å². The fraction of sp³-hybridized carbons (Fsp3) is 0.500. The molecule has 0 aliphatic rings. The average Bonchev–Trinajstić information content (AvgIpc) is 2.23. The Kier molecular flexibility index (Phi) is 4.03. The van der Waals surface area contributed by atoms with Gasteiger partial charge in [-0.1, -0.05) is 6.92 Å². The minimum absolute atomic E-state index is 0.168. The van der Waals surface area contributed by atoms with Gasteiger partial charge in [-0.3, -0.25) is 24.2 Å². The molecule has 0 atom stereocenters. The van der Waals surface area contributed by atoms with Crippen LogP contribution in [0.3, 0.4) is 0 Å². The van der Waals surface area contributed by atoms with E-state index >= 15 is 0 Å². The van der Waals surface area contributed by atoms with Gasteiger partial charge >= 0.3 is 0 Å². The molecule has 0 aliphatic carbocycles. The second-order valence-corrected chi connectivity index (χ2v) is 3.30. The van der Waals surface area contributed by atoms with Gasteiger partial charge in [-0.15, -0.1) is 0 Å². The SMILES string of the molecule is CCC(=O)CCCn1[nH]c(=O)ccc1=O. The third kappa shape index (κ3) is 3.53. The van der Waals surface area contributed by atoms with Crippen LogP contribution in [0.1, 0.15) is 26.2 Å². The lowest BCUT2D eigenvalue weighted by Gasteiger charge is -2.03. The van der Waals surface area contributed by atoms with Crippen LogP contribution in [0, 0.1) is 0 Å². The Labute approximate surface area is 86.7 Å². The quantitative estimate of drug-likeness (QED) is 0.759. The largest absolute Gasteiger partial charge is 0.300 e. The number of aryl methyl sites for hydroxylation is 1. The molecule has 0 fully saturated rings. The van der Waals surface area contributed by atoms with E-state index in [4.69, 9.17) is 0 Å². The zero-order valence-corrected chi connectivity index (χ0v) is 8.66. The summed E-state index contributed by atoms with van der Waals surface area (Å²) in [5.74, 6) is 0.168. The van der Waals surface area contributed by atoms with E-state index in [-0.39, 0.29) is 16.9 Å². The summed E-state index contributed by atoms with van der Waals surface area (Å²) in [6.45, 7) is 2.18. The van der Waals surface area contributed by atoms with E-state index in [0.717, 1.165) is 0 Å². The Balaban J connectivity index is 2.58. The molecule has 0 radical (unpaired) electrons. The molecule has 82 valence electrons. The molecule has 0 amide bonds. The number of nitrogens with zero attached hydrogens (tertiary/aromatic N) is 1. The summed E-state index contributed by atoms with van der Waals surface area (Å²) in [4.78, 5) is 33.1. The molecule has 0 unspecified atom stereocenters. The van der Waals surface area contributed by atoms with Crippen molar-refractivity contribution in [2.45, 2.75) is 32.7 Å². The molecule has 0 spiro atoms. The first-order valence-corrected chi connectivity index (χ1v) is 4.95. The summed E-state index contributed by atoms with van der Waals surface area (Å²) in [6, 6.07) is 2.41.